The van der Waals surface area contributed by atoms with Crippen molar-refractivity contribution in [2.24, 2.45) is 0 Å². The number of nitrogen functional groups attached to an aromatic ring is 1. The Labute approximate surface area is 114 Å². The van der Waals surface area contributed by atoms with E-state index in [2.05, 4.69) is 25.3 Å². The van der Waals surface area contributed by atoms with Gasteiger partial charge >= 0.3 is 0 Å². The van der Waals surface area contributed by atoms with E-state index in [1.165, 1.54) is 0 Å². The molecule has 20 heavy (non-hydrogen) atoms. The molecule has 2 aromatic heterocycles. The molecule has 8 nitrogen and oxygen atoms in total. The second kappa shape index (κ2) is 5.00. The highest BCUT2D eigenvalue weighted by Crippen LogP contribution is 2.28. The van der Waals surface area contributed by atoms with Crippen molar-refractivity contribution in [2.45, 2.75) is 6.92 Å². The van der Waals surface area contributed by atoms with E-state index in [1.807, 2.05) is 31.2 Å². The zero-order valence-corrected chi connectivity index (χ0v) is 10.7. The van der Waals surface area contributed by atoms with Gasteiger partial charge in [0, 0.05) is 0 Å². The van der Waals surface area contributed by atoms with E-state index >= 15 is 0 Å². The summed E-state index contributed by atoms with van der Waals surface area (Å²) >= 11 is 0. The Morgan fingerprint density at radius 3 is 2.90 bits per heavy atom. The molecule has 0 amide bonds. The quantitative estimate of drug-likeness (QED) is 0.739. The predicted octanol–water partition coefficient (Wildman–Crippen LogP) is 1.50. The molecule has 1 aromatic carbocycles. The van der Waals surface area contributed by atoms with E-state index in [0.29, 0.717) is 24.0 Å². The molecule has 3 aromatic rings. The average molecular weight is 272 g/mol. The van der Waals surface area contributed by atoms with Crippen molar-refractivity contribution >= 4 is 5.95 Å². The summed E-state index contributed by atoms with van der Waals surface area (Å²) in [5, 5.41) is 10.2. The molecule has 0 radical (unpaired) electrons. The molecule has 3 rings (SSSR count). The van der Waals surface area contributed by atoms with Crippen molar-refractivity contribution in [1.82, 2.24) is 25.3 Å². The van der Waals surface area contributed by atoms with Crippen molar-refractivity contribution in [1.29, 1.82) is 0 Å². The van der Waals surface area contributed by atoms with Crippen LogP contribution in [0.25, 0.3) is 23.1 Å². The number of nitrogens with zero attached hydrogens (tertiary/aromatic N) is 4. The number of benzene rings is 1. The molecule has 0 aliphatic rings. The molecule has 0 spiro atoms. The Morgan fingerprint density at radius 2 is 2.15 bits per heavy atom. The summed E-state index contributed by atoms with van der Waals surface area (Å²) in [5.74, 6) is 1.78. The maximum Gasteiger partial charge on any atom is 0.295 e. The fourth-order valence-electron chi connectivity index (χ4n) is 1.73. The van der Waals surface area contributed by atoms with E-state index in [-0.39, 0.29) is 11.8 Å². The van der Waals surface area contributed by atoms with E-state index in [4.69, 9.17) is 15.0 Å². The van der Waals surface area contributed by atoms with Gasteiger partial charge < -0.3 is 15.0 Å². The van der Waals surface area contributed by atoms with Crippen molar-refractivity contribution in [3.8, 4) is 28.9 Å². The number of rotatable bonds is 4. The van der Waals surface area contributed by atoms with Crippen LogP contribution in [-0.4, -0.2) is 31.9 Å². The topological polar surface area (TPSA) is 116 Å². The Morgan fingerprint density at radius 1 is 1.30 bits per heavy atom. The van der Waals surface area contributed by atoms with Crippen LogP contribution in [0.5, 0.6) is 5.75 Å². The van der Waals surface area contributed by atoms with Crippen molar-refractivity contribution < 1.29 is 9.26 Å². The summed E-state index contributed by atoms with van der Waals surface area (Å²) in [6, 6.07) is 7.46. The highest BCUT2D eigenvalue weighted by molar-refractivity contribution is 5.64. The van der Waals surface area contributed by atoms with Gasteiger partial charge in [-0.15, -0.1) is 5.10 Å². The summed E-state index contributed by atoms with van der Waals surface area (Å²) in [6.07, 6.45) is 0. The van der Waals surface area contributed by atoms with Gasteiger partial charge in [-0.25, -0.2) is 0 Å². The molecule has 0 fully saturated rings. The minimum Gasteiger partial charge on any atom is -0.493 e. The van der Waals surface area contributed by atoms with Crippen LogP contribution >= 0.6 is 0 Å². The van der Waals surface area contributed by atoms with Crippen molar-refractivity contribution in [3.05, 3.63) is 24.3 Å². The van der Waals surface area contributed by atoms with Crippen LogP contribution in [0.2, 0.25) is 0 Å². The lowest BCUT2D eigenvalue weighted by Gasteiger charge is -2.05. The van der Waals surface area contributed by atoms with Gasteiger partial charge in [0.2, 0.25) is 17.6 Å². The minimum atomic E-state index is 0.120. The van der Waals surface area contributed by atoms with Crippen LogP contribution in [-0.2, 0) is 0 Å². The fraction of sp³-hybridized carbons (Fsp3) is 0.167. The lowest BCUT2D eigenvalue weighted by molar-refractivity contribution is 0.341. The molecule has 0 saturated carbocycles. The van der Waals surface area contributed by atoms with Gasteiger partial charge in [-0.05, 0) is 19.1 Å². The first-order valence-electron chi connectivity index (χ1n) is 6.02. The number of H-pyrrole nitrogens is 1. The number of nitrogens with two attached hydrogens (primary N) is 1. The number of ether oxygens (including phenoxy) is 1. The molecule has 102 valence electrons. The standard InChI is InChI=1S/C12H12N6O2/c1-2-19-8-6-4-3-5-7(8)9-14-11(20-18-9)10-15-12(13)17-16-10/h3-6H,2H2,1H3,(H3,13,15,16,17). The maximum atomic E-state index is 5.53. The number of aromatic nitrogens is 5. The normalized spacial score (nSPS) is 10.7. The van der Waals surface area contributed by atoms with Gasteiger partial charge in [-0.3, -0.25) is 5.10 Å². The van der Waals surface area contributed by atoms with Gasteiger partial charge in [0.25, 0.3) is 5.89 Å². The van der Waals surface area contributed by atoms with E-state index in [9.17, 15) is 0 Å². The Balaban J connectivity index is 1.98. The van der Waals surface area contributed by atoms with Crippen LogP contribution in [0.4, 0.5) is 5.95 Å². The fourth-order valence-corrected chi connectivity index (χ4v) is 1.73. The third-order valence-electron chi connectivity index (χ3n) is 2.56. The first-order valence-corrected chi connectivity index (χ1v) is 6.02. The van der Waals surface area contributed by atoms with Crippen LogP contribution in [0.3, 0.4) is 0 Å². The molecule has 0 atom stereocenters. The summed E-state index contributed by atoms with van der Waals surface area (Å²) in [6.45, 7) is 2.47. The van der Waals surface area contributed by atoms with Crippen LogP contribution in [0.15, 0.2) is 28.8 Å². The van der Waals surface area contributed by atoms with Crippen LogP contribution < -0.4 is 10.5 Å². The molecule has 0 saturated heterocycles. The number of nitrogens with one attached hydrogen (secondary N) is 1. The average Bonchev–Trinajstić information content (AvgIpc) is 3.08. The monoisotopic (exact) mass is 272 g/mol. The predicted molar refractivity (Wildman–Crippen MR) is 70.7 cm³/mol. The van der Waals surface area contributed by atoms with Gasteiger partial charge in [-0.1, -0.05) is 17.3 Å². The van der Waals surface area contributed by atoms with E-state index in [0.717, 1.165) is 5.56 Å². The highest BCUT2D eigenvalue weighted by Gasteiger charge is 2.16. The highest BCUT2D eigenvalue weighted by atomic mass is 16.5. The van der Waals surface area contributed by atoms with E-state index in [1.54, 1.807) is 0 Å². The number of hydrogen-bond donors (Lipinski definition) is 2. The number of hydrogen-bond acceptors (Lipinski definition) is 7. The number of anilines is 1. The zero-order chi connectivity index (χ0) is 13.9. The first kappa shape index (κ1) is 12.2. The number of para-hydroxylation sites is 1. The maximum absolute atomic E-state index is 5.53. The van der Waals surface area contributed by atoms with Crippen molar-refractivity contribution in [2.75, 3.05) is 12.3 Å². The Bertz CT molecular complexity index is 720. The Kier molecular flexibility index (Phi) is 3.04. The first-order chi connectivity index (χ1) is 9.78. The lowest BCUT2D eigenvalue weighted by Crippen LogP contribution is -1.94. The molecule has 2 heterocycles. The number of aromatic amines is 1. The third-order valence-corrected chi connectivity index (χ3v) is 2.56. The lowest BCUT2D eigenvalue weighted by atomic mass is 10.2. The summed E-state index contributed by atoms with van der Waals surface area (Å²) < 4.78 is 10.7. The molecule has 0 aliphatic carbocycles. The minimum absolute atomic E-state index is 0.120. The van der Waals surface area contributed by atoms with Gasteiger partial charge in [0.05, 0.1) is 12.2 Å². The summed E-state index contributed by atoms with van der Waals surface area (Å²) in [5.41, 5.74) is 6.18. The van der Waals surface area contributed by atoms with Crippen molar-refractivity contribution in [3.63, 3.8) is 0 Å². The molecular formula is C12H12N6O2. The Hall–Kier alpha value is -2.90. The van der Waals surface area contributed by atoms with Gasteiger partial charge in [-0.2, -0.15) is 9.97 Å². The third kappa shape index (κ3) is 2.18. The molecule has 0 aliphatic heterocycles. The zero-order valence-electron chi connectivity index (χ0n) is 10.7. The molecule has 8 heteroatoms. The smallest absolute Gasteiger partial charge is 0.295 e. The second-order valence-electron chi connectivity index (χ2n) is 3.89. The summed E-state index contributed by atoms with van der Waals surface area (Å²) in [7, 11) is 0. The molecular weight excluding hydrogens is 260 g/mol. The van der Waals surface area contributed by atoms with Crippen LogP contribution in [0.1, 0.15) is 6.92 Å². The van der Waals surface area contributed by atoms with Crippen LogP contribution in [0, 0.1) is 0 Å². The van der Waals surface area contributed by atoms with Gasteiger partial charge in [0.1, 0.15) is 5.75 Å². The van der Waals surface area contributed by atoms with Gasteiger partial charge in [0.15, 0.2) is 0 Å². The SMILES string of the molecule is CCOc1ccccc1-c1noc(-c2nc(N)n[nH]2)n1. The summed E-state index contributed by atoms with van der Waals surface area (Å²) in [4.78, 5) is 8.19. The van der Waals surface area contributed by atoms with E-state index < -0.39 is 0 Å². The molecule has 3 N–H and O–H groups in total. The molecule has 0 unspecified atom stereocenters. The largest absolute Gasteiger partial charge is 0.493 e. The molecule has 0 bridgehead atoms. The second-order valence-corrected chi connectivity index (χ2v) is 3.89.